The molecule has 0 radical (unpaired) electrons. The van der Waals surface area contributed by atoms with Crippen molar-refractivity contribution in [1.82, 2.24) is 0 Å². The molecule has 0 amide bonds. The molecular weight excluding hydrogens is 544 g/mol. The maximum absolute atomic E-state index is 13.6. The Bertz CT molecular complexity index is 564. The second-order valence-electron chi connectivity index (χ2n) is 8.14. The molecule has 0 N–H and O–H groups in total. The first kappa shape index (κ1) is 36.0. The van der Waals surface area contributed by atoms with Crippen LogP contribution in [-0.4, -0.2) is 48.3 Å². The molecule has 0 aliphatic rings. The Morgan fingerprint density at radius 2 is 0.735 bits per heavy atom. The molecule has 16 heteroatoms. The summed E-state index contributed by atoms with van der Waals surface area (Å²) in [6, 6.07) is 0. The van der Waals surface area contributed by atoms with Crippen molar-refractivity contribution in [2.24, 2.45) is 0 Å². The average Bonchev–Trinajstić information content (AvgIpc) is 2.65. The van der Waals surface area contributed by atoms with E-state index < -0.39 is 38.1 Å². The van der Waals surface area contributed by atoms with Gasteiger partial charge in [0.15, 0.2) is 0 Å². The molecule has 0 nitrogen and oxygen atoms in total. The molecular formula is C18H32F14P2. The van der Waals surface area contributed by atoms with Crippen molar-refractivity contribution in [1.29, 1.82) is 0 Å². The van der Waals surface area contributed by atoms with E-state index >= 15 is 0 Å². The average molecular weight is 576 g/mol. The fourth-order valence-electron chi connectivity index (χ4n) is 2.98. The van der Waals surface area contributed by atoms with Crippen molar-refractivity contribution in [2.45, 2.75) is 89.9 Å². The van der Waals surface area contributed by atoms with Gasteiger partial charge in [-0.15, -0.1) is 0 Å². The van der Waals surface area contributed by atoms with E-state index in [1.165, 1.54) is 44.7 Å². The topological polar surface area (TPSA) is 0 Å². The van der Waals surface area contributed by atoms with Gasteiger partial charge in [-0.2, -0.15) is 0 Å². The molecule has 34 heavy (non-hydrogen) atoms. The predicted molar refractivity (Wildman–Crippen MR) is 110 cm³/mol. The molecule has 0 aliphatic carbocycles. The molecule has 0 saturated heterocycles. The van der Waals surface area contributed by atoms with Gasteiger partial charge in [0.2, 0.25) is 0 Å². The zero-order valence-electron chi connectivity index (χ0n) is 19.3. The normalized spacial score (nSPS) is 16.4. The molecule has 0 aromatic rings. The minimum absolute atomic E-state index is 0.527. The van der Waals surface area contributed by atoms with Gasteiger partial charge in [0.1, 0.15) is 0 Å². The van der Waals surface area contributed by atoms with Crippen LogP contribution >= 0.6 is 14.4 Å². The Balaban J connectivity index is 0. The standard InChI is InChI=1S/C14H32P.C4F14P/c1-5-9-12-15(8-4,13-10-6-2)14-11-7-3;5-1(6,7)3(11,12)19(15,16,17,18)4(13,14)2(8,9)10/h5-14H2,1-4H3;/q+1;-1. The second kappa shape index (κ2) is 11.1. The van der Waals surface area contributed by atoms with Gasteiger partial charge >= 0.3 is 91.6 Å². The summed E-state index contributed by atoms with van der Waals surface area (Å²) < 4.78 is 165. The molecule has 212 valence electrons. The van der Waals surface area contributed by atoms with Crippen LogP contribution in [0.15, 0.2) is 0 Å². The van der Waals surface area contributed by atoms with Crippen molar-refractivity contribution in [2.75, 3.05) is 24.6 Å². The van der Waals surface area contributed by atoms with Crippen LogP contribution in [0.5, 0.6) is 0 Å². The van der Waals surface area contributed by atoms with Gasteiger partial charge in [-0.05, 0) is 26.2 Å². The first-order chi connectivity index (χ1) is 14.8. The van der Waals surface area contributed by atoms with E-state index in [9.17, 15) is 60.7 Å². The van der Waals surface area contributed by atoms with Crippen molar-refractivity contribution < 1.29 is 60.7 Å². The fraction of sp³-hybridized carbons (Fsp3) is 1.00. The zero-order chi connectivity index (χ0) is 28.0. The van der Waals surface area contributed by atoms with E-state index in [2.05, 4.69) is 27.7 Å². The van der Waals surface area contributed by atoms with Crippen LogP contribution in [0.3, 0.4) is 0 Å². The van der Waals surface area contributed by atoms with Gasteiger partial charge in [-0.25, -0.2) is 0 Å². The van der Waals surface area contributed by atoms with Gasteiger partial charge in [-0.1, -0.05) is 40.0 Å². The zero-order valence-corrected chi connectivity index (χ0v) is 21.0. The summed E-state index contributed by atoms with van der Waals surface area (Å²) in [5.41, 5.74) is -17.7. The summed E-state index contributed by atoms with van der Waals surface area (Å²) in [7, 11) is -14.1. The number of unbranched alkanes of at least 4 members (excludes halogenated alkanes) is 3. The van der Waals surface area contributed by atoms with Gasteiger partial charge < -0.3 is 0 Å². The molecule has 0 bridgehead atoms. The molecule has 0 atom stereocenters. The SMILES string of the molecule is CCCC[P+](CC)(CCCC)CCCC.FC(F)(F)C(F)(F)[P-](F)(F)(F)(F)C(F)(F)C(F)(F)F. The third-order valence-corrected chi connectivity index (χ3v) is 13.3. The van der Waals surface area contributed by atoms with E-state index in [0.29, 0.717) is 0 Å². The number of hydrogen-bond donors (Lipinski definition) is 0. The summed E-state index contributed by atoms with van der Waals surface area (Å²) in [4.78, 5) is 0. The van der Waals surface area contributed by atoms with Crippen LogP contribution in [0.2, 0.25) is 0 Å². The Morgan fingerprint density at radius 1 is 0.500 bits per heavy atom. The maximum atomic E-state index is 12.2. The summed E-state index contributed by atoms with van der Waals surface area (Å²) in [5.74, 6) is 0. The van der Waals surface area contributed by atoms with Crippen molar-refractivity contribution in [3.8, 4) is 0 Å². The van der Waals surface area contributed by atoms with Crippen LogP contribution in [0.25, 0.3) is 0 Å². The minimum atomic E-state index is -13.6. The molecule has 0 unspecified atom stereocenters. The van der Waals surface area contributed by atoms with Crippen LogP contribution in [0.4, 0.5) is 60.7 Å². The summed E-state index contributed by atoms with van der Waals surface area (Å²) >= 11 is 0. The number of alkyl halides is 10. The fourth-order valence-corrected chi connectivity index (χ4v) is 8.93. The van der Waals surface area contributed by atoms with Crippen LogP contribution in [0.1, 0.15) is 66.2 Å². The summed E-state index contributed by atoms with van der Waals surface area (Å²) in [6.07, 6.45) is -1.18. The van der Waals surface area contributed by atoms with E-state index in [-0.39, 0.29) is 0 Å². The van der Waals surface area contributed by atoms with Gasteiger partial charge in [-0.3, -0.25) is 0 Å². The Labute approximate surface area is 190 Å². The van der Waals surface area contributed by atoms with Gasteiger partial charge in [0.25, 0.3) is 0 Å². The summed E-state index contributed by atoms with van der Waals surface area (Å²) in [6.45, 7) is 9.46. The van der Waals surface area contributed by atoms with Crippen molar-refractivity contribution in [3.05, 3.63) is 0 Å². The molecule has 0 fully saturated rings. The number of rotatable bonds is 12. The molecule has 0 saturated carbocycles. The van der Waals surface area contributed by atoms with Crippen molar-refractivity contribution in [3.63, 3.8) is 0 Å². The second-order valence-corrected chi connectivity index (χ2v) is 16.3. The Kier molecular flexibility index (Phi) is 11.8. The van der Waals surface area contributed by atoms with Crippen LogP contribution in [-0.2, 0) is 0 Å². The molecule has 0 heterocycles. The van der Waals surface area contributed by atoms with E-state index in [1.807, 2.05) is 0 Å². The third kappa shape index (κ3) is 7.00. The first-order valence-corrected chi connectivity index (χ1v) is 15.4. The Morgan fingerprint density at radius 3 is 0.882 bits per heavy atom. The molecule has 0 spiro atoms. The molecule has 0 rings (SSSR count). The molecule has 0 aromatic heterocycles. The quantitative estimate of drug-likeness (QED) is 0.160. The predicted octanol–water partition coefficient (Wildman–Crippen LogP) is 11.3. The van der Waals surface area contributed by atoms with Crippen molar-refractivity contribution >= 4 is 14.4 Å². The monoisotopic (exact) mass is 576 g/mol. The Hall–Kier alpha value is -0.120. The van der Waals surface area contributed by atoms with E-state index in [1.54, 1.807) is 18.5 Å². The number of hydrogen-bond acceptors (Lipinski definition) is 0. The van der Waals surface area contributed by atoms with Gasteiger partial charge in [0.05, 0.1) is 24.6 Å². The molecule has 0 aliphatic heterocycles. The third-order valence-electron chi connectivity index (χ3n) is 5.44. The summed E-state index contributed by atoms with van der Waals surface area (Å²) in [5, 5.41) is 0. The van der Waals surface area contributed by atoms with Crippen LogP contribution < -0.4 is 0 Å². The van der Waals surface area contributed by atoms with E-state index in [0.717, 1.165) is 0 Å². The van der Waals surface area contributed by atoms with E-state index in [4.69, 9.17) is 0 Å². The molecule has 0 aromatic carbocycles. The van der Waals surface area contributed by atoms with Gasteiger partial charge in [0, 0.05) is 7.26 Å². The number of halogens is 14. The first-order valence-electron chi connectivity index (χ1n) is 10.6. The van der Waals surface area contributed by atoms with Crippen LogP contribution in [0, 0.1) is 0 Å².